The minimum absolute atomic E-state index is 0.0359. The van der Waals surface area contributed by atoms with E-state index in [0.717, 1.165) is 5.56 Å². The van der Waals surface area contributed by atoms with Gasteiger partial charge in [-0.05, 0) is 42.7 Å². The van der Waals surface area contributed by atoms with Crippen LogP contribution in [0, 0.1) is 5.92 Å². The number of piperidine rings is 1. The van der Waals surface area contributed by atoms with Crippen molar-refractivity contribution < 1.29 is 19.1 Å². The summed E-state index contributed by atoms with van der Waals surface area (Å²) in [5, 5.41) is 2.97. The molecule has 146 valence electrons. The molecule has 0 aliphatic carbocycles. The quantitative estimate of drug-likeness (QED) is 0.876. The molecule has 1 aromatic carbocycles. The van der Waals surface area contributed by atoms with Crippen molar-refractivity contribution in [1.29, 1.82) is 0 Å². The van der Waals surface area contributed by atoms with Crippen molar-refractivity contribution in [3.8, 4) is 11.5 Å². The first-order valence-corrected chi connectivity index (χ1v) is 9.56. The standard InChI is InChI=1S/C21H23N3O4/c25-20(23-14-15-2-1-7-22-13-15)16-5-8-24(9-6-16)21(26)17-3-4-18-19(12-17)28-11-10-27-18/h1-4,7,12-13,16H,5-6,8-11,14H2,(H,23,25). The van der Waals surface area contributed by atoms with Crippen molar-refractivity contribution in [2.75, 3.05) is 26.3 Å². The number of carbonyl (C=O) groups is 2. The molecular formula is C21H23N3O4. The Morgan fingerprint density at radius 3 is 2.64 bits per heavy atom. The molecule has 2 aliphatic rings. The summed E-state index contributed by atoms with van der Waals surface area (Å²) >= 11 is 0. The van der Waals surface area contributed by atoms with E-state index in [4.69, 9.17) is 9.47 Å². The Bertz CT molecular complexity index is 848. The molecule has 3 heterocycles. The second-order valence-corrected chi connectivity index (χ2v) is 7.00. The third-order valence-electron chi connectivity index (χ3n) is 5.13. The van der Waals surface area contributed by atoms with Crippen LogP contribution in [0.25, 0.3) is 0 Å². The van der Waals surface area contributed by atoms with E-state index in [1.807, 2.05) is 12.1 Å². The van der Waals surface area contributed by atoms with Crippen molar-refractivity contribution >= 4 is 11.8 Å². The van der Waals surface area contributed by atoms with E-state index in [2.05, 4.69) is 10.3 Å². The molecule has 2 amide bonds. The normalized spacial score (nSPS) is 16.5. The number of amides is 2. The van der Waals surface area contributed by atoms with Gasteiger partial charge in [0.1, 0.15) is 13.2 Å². The Balaban J connectivity index is 1.30. The number of benzene rings is 1. The highest BCUT2D eigenvalue weighted by Gasteiger charge is 2.28. The van der Waals surface area contributed by atoms with Crippen molar-refractivity contribution in [1.82, 2.24) is 15.2 Å². The molecular weight excluding hydrogens is 358 g/mol. The summed E-state index contributed by atoms with van der Waals surface area (Å²) < 4.78 is 11.1. The largest absolute Gasteiger partial charge is 0.486 e. The average molecular weight is 381 g/mol. The lowest BCUT2D eigenvalue weighted by Crippen LogP contribution is -2.43. The highest BCUT2D eigenvalue weighted by molar-refractivity contribution is 5.95. The fourth-order valence-electron chi connectivity index (χ4n) is 3.54. The Hall–Kier alpha value is -3.09. The van der Waals surface area contributed by atoms with E-state index in [0.29, 0.717) is 62.8 Å². The molecule has 1 N–H and O–H groups in total. The first-order valence-electron chi connectivity index (χ1n) is 9.56. The predicted molar refractivity (Wildman–Crippen MR) is 102 cm³/mol. The summed E-state index contributed by atoms with van der Waals surface area (Å²) in [5.41, 5.74) is 1.56. The molecule has 7 nitrogen and oxygen atoms in total. The van der Waals surface area contributed by atoms with Crippen molar-refractivity contribution in [3.05, 3.63) is 53.9 Å². The van der Waals surface area contributed by atoms with Crippen LogP contribution in [0.3, 0.4) is 0 Å². The molecule has 0 bridgehead atoms. The zero-order valence-corrected chi connectivity index (χ0v) is 15.6. The second-order valence-electron chi connectivity index (χ2n) is 7.00. The van der Waals surface area contributed by atoms with Gasteiger partial charge in [-0.1, -0.05) is 6.07 Å². The zero-order valence-electron chi connectivity index (χ0n) is 15.6. The van der Waals surface area contributed by atoms with Crippen molar-refractivity contribution in [2.45, 2.75) is 19.4 Å². The molecule has 1 aromatic heterocycles. The Morgan fingerprint density at radius 1 is 1.11 bits per heavy atom. The number of pyridine rings is 1. The zero-order chi connectivity index (χ0) is 19.3. The number of hydrogen-bond donors (Lipinski definition) is 1. The molecule has 7 heteroatoms. The van der Waals surface area contributed by atoms with Gasteiger partial charge in [-0.15, -0.1) is 0 Å². The topological polar surface area (TPSA) is 80.8 Å². The van der Waals surface area contributed by atoms with E-state index >= 15 is 0 Å². The number of nitrogens with zero attached hydrogens (tertiary/aromatic N) is 2. The monoisotopic (exact) mass is 381 g/mol. The first-order chi connectivity index (χ1) is 13.7. The molecule has 2 aromatic rings. The van der Waals surface area contributed by atoms with E-state index in [-0.39, 0.29) is 17.7 Å². The maximum atomic E-state index is 12.8. The van der Waals surface area contributed by atoms with Gasteiger partial charge in [0.15, 0.2) is 11.5 Å². The van der Waals surface area contributed by atoms with E-state index in [1.165, 1.54) is 0 Å². The maximum Gasteiger partial charge on any atom is 0.253 e. The van der Waals surface area contributed by atoms with Crippen LogP contribution in [0.4, 0.5) is 0 Å². The lowest BCUT2D eigenvalue weighted by molar-refractivity contribution is -0.126. The van der Waals surface area contributed by atoms with Crippen LogP contribution in [0.1, 0.15) is 28.8 Å². The fraction of sp³-hybridized carbons (Fsp3) is 0.381. The molecule has 0 saturated carbocycles. The average Bonchev–Trinajstić information content (AvgIpc) is 2.77. The molecule has 0 atom stereocenters. The van der Waals surface area contributed by atoms with Crippen molar-refractivity contribution in [2.24, 2.45) is 5.92 Å². The molecule has 1 fully saturated rings. The minimum atomic E-state index is -0.0685. The van der Waals surface area contributed by atoms with Gasteiger partial charge in [-0.3, -0.25) is 14.6 Å². The predicted octanol–water partition coefficient (Wildman–Crippen LogP) is 2.02. The SMILES string of the molecule is O=C(NCc1cccnc1)C1CCN(C(=O)c2ccc3c(c2)OCCO3)CC1. The summed E-state index contributed by atoms with van der Waals surface area (Å²) in [6.45, 7) is 2.63. The van der Waals surface area contributed by atoms with Crippen LogP contribution in [-0.4, -0.2) is 48.0 Å². The van der Waals surface area contributed by atoms with Gasteiger partial charge >= 0.3 is 0 Å². The number of ether oxygens (including phenoxy) is 2. The third-order valence-corrected chi connectivity index (χ3v) is 5.13. The lowest BCUT2D eigenvalue weighted by atomic mass is 9.95. The summed E-state index contributed by atoms with van der Waals surface area (Å²) in [7, 11) is 0. The first kappa shape index (κ1) is 18.3. The second kappa shape index (κ2) is 8.29. The van der Waals surface area contributed by atoms with Gasteiger partial charge in [-0.25, -0.2) is 0 Å². The number of nitrogens with one attached hydrogen (secondary N) is 1. The van der Waals surface area contributed by atoms with Gasteiger partial charge in [0.05, 0.1) is 0 Å². The van der Waals surface area contributed by atoms with Gasteiger partial charge in [0.25, 0.3) is 5.91 Å². The maximum absolute atomic E-state index is 12.8. The Labute approximate surface area is 163 Å². The van der Waals surface area contributed by atoms with Crippen LogP contribution in [0.5, 0.6) is 11.5 Å². The summed E-state index contributed by atoms with van der Waals surface area (Å²) in [4.78, 5) is 31.1. The van der Waals surface area contributed by atoms with Crippen molar-refractivity contribution in [3.63, 3.8) is 0 Å². The van der Waals surface area contributed by atoms with Crippen LogP contribution in [0.2, 0.25) is 0 Å². The van der Waals surface area contributed by atoms with Crippen LogP contribution >= 0.6 is 0 Å². The molecule has 2 aliphatic heterocycles. The number of carbonyl (C=O) groups excluding carboxylic acids is 2. The third kappa shape index (κ3) is 4.08. The van der Waals surface area contributed by atoms with Crippen LogP contribution in [0.15, 0.2) is 42.7 Å². The van der Waals surface area contributed by atoms with Crippen LogP contribution in [-0.2, 0) is 11.3 Å². The number of fused-ring (bicyclic) bond motifs is 1. The molecule has 28 heavy (non-hydrogen) atoms. The van der Waals surface area contributed by atoms with E-state index < -0.39 is 0 Å². The van der Waals surface area contributed by atoms with Gasteiger partial charge in [0, 0.05) is 43.5 Å². The highest BCUT2D eigenvalue weighted by atomic mass is 16.6. The molecule has 0 spiro atoms. The Kier molecular flexibility index (Phi) is 5.41. The van der Waals surface area contributed by atoms with Gasteiger partial charge in [-0.2, -0.15) is 0 Å². The summed E-state index contributed by atoms with van der Waals surface area (Å²) in [6, 6.07) is 9.07. The number of hydrogen-bond acceptors (Lipinski definition) is 5. The van der Waals surface area contributed by atoms with Gasteiger partial charge in [0.2, 0.25) is 5.91 Å². The molecule has 1 saturated heterocycles. The smallest absolute Gasteiger partial charge is 0.253 e. The number of likely N-dealkylation sites (tertiary alicyclic amines) is 1. The number of rotatable bonds is 4. The summed E-state index contributed by atoms with van der Waals surface area (Å²) in [5.74, 6) is 1.22. The van der Waals surface area contributed by atoms with E-state index in [1.54, 1.807) is 35.5 Å². The fourth-order valence-corrected chi connectivity index (χ4v) is 3.54. The summed E-state index contributed by atoms with van der Waals surface area (Å²) in [6.07, 6.45) is 4.78. The molecule has 0 radical (unpaired) electrons. The molecule has 0 unspecified atom stereocenters. The van der Waals surface area contributed by atoms with E-state index in [9.17, 15) is 9.59 Å². The Morgan fingerprint density at radius 2 is 1.89 bits per heavy atom. The minimum Gasteiger partial charge on any atom is -0.486 e. The highest BCUT2D eigenvalue weighted by Crippen LogP contribution is 2.31. The molecule has 4 rings (SSSR count). The van der Waals surface area contributed by atoms with Crippen LogP contribution < -0.4 is 14.8 Å². The lowest BCUT2D eigenvalue weighted by Gasteiger charge is -2.31. The number of aromatic nitrogens is 1. The van der Waals surface area contributed by atoms with Gasteiger partial charge < -0.3 is 19.7 Å².